The molecule has 1 fully saturated rings. The van der Waals surface area contributed by atoms with Crippen molar-refractivity contribution < 1.29 is 0 Å². The fourth-order valence-electron chi connectivity index (χ4n) is 2.57. The van der Waals surface area contributed by atoms with Crippen molar-refractivity contribution in [3.8, 4) is 0 Å². The van der Waals surface area contributed by atoms with Crippen LogP contribution in [0.25, 0.3) is 0 Å². The van der Waals surface area contributed by atoms with E-state index >= 15 is 0 Å². The Morgan fingerprint density at radius 2 is 2.00 bits per heavy atom. The molecule has 1 heteroatoms. The molecule has 2 rings (SSSR count). The lowest BCUT2D eigenvalue weighted by Gasteiger charge is -2.10. The van der Waals surface area contributed by atoms with Gasteiger partial charge in [-0.25, -0.2) is 0 Å². The van der Waals surface area contributed by atoms with Crippen LogP contribution in [0.5, 0.6) is 0 Å². The molecule has 1 aromatic rings. The third-order valence-electron chi connectivity index (χ3n) is 3.52. The molecule has 17 heavy (non-hydrogen) atoms. The second-order valence-electron chi connectivity index (χ2n) is 4.50. The number of aromatic nitrogens is 1. The van der Waals surface area contributed by atoms with Crippen molar-refractivity contribution in [1.82, 2.24) is 4.98 Å². The van der Waals surface area contributed by atoms with E-state index in [1.54, 1.807) is 0 Å². The summed E-state index contributed by atoms with van der Waals surface area (Å²) in [5.74, 6) is 0.551. The van der Waals surface area contributed by atoms with Crippen LogP contribution in [-0.4, -0.2) is 4.98 Å². The fraction of sp³-hybridized carbons (Fsp3) is 0.312. The largest absolute Gasteiger partial charge is 0.265 e. The van der Waals surface area contributed by atoms with E-state index < -0.39 is 0 Å². The molecule has 88 valence electrons. The lowest BCUT2D eigenvalue weighted by Crippen LogP contribution is -2.01. The lowest BCUT2D eigenvalue weighted by atomic mass is 9.95. The van der Waals surface area contributed by atoms with Crippen LogP contribution in [0.1, 0.15) is 25.8 Å². The molecule has 1 nitrogen and oxygen atoms in total. The van der Waals surface area contributed by atoms with Gasteiger partial charge in [-0.1, -0.05) is 18.7 Å². The van der Waals surface area contributed by atoms with Gasteiger partial charge in [0.2, 0.25) is 0 Å². The summed E-state index contributed by atoms with van der Waals surface area (Å²) in [6, 6.07) is 4.19. The molecule has 1 unspecified atom stereocenters. The summed E-state index contributed by atoms with van der Waals surface area (Å²) in [6.45, 7) is 8.47. The monoisotopic (exact) mass is 225 g/mol. The first-order valence-corrected chi connectivity index (χ1v) is 6.16. The third-order valence-corrected chi connectivity index (χ3v) is 3.52. The Kier molecular flexibility index (Phi) is 3.58. The third kappa shape index (κ3) is 2.38. The first kappa shape index (κ1) is 11.8. The predicted octanol–water partition coefficient (Wildman–Crippen LogP) is 4.09. The zero-order valence-electron chi connectivity index (χ0n) is 10.6. The number of nitrogens with zero attached hydrogens (tertiary/aromatic N) is 1. The van der Waals surface area contributed by atoms with Crippen LogP contribution in [-0.2, 0) is 6.42 Å². The van der Waals surface area contributed by atoms with Crippen LogP contribution in [0.4, 0.5) is 0 Å². The van der Waals surface area contributed by atoms with E-state index in [-0.39, 0.29) is 0 Å². The zero-order chi connectivity index (χ0) is 12.3. The second kappa shape index (κ2) is 5.13. The highest BCUT2D eigenvalue weighted by Gasteiger charge is 2.26. The number of hydrogen-bond acceptors (Lipinski definition) is 1. The van der Waals surface area contributed by atoms with E-state index in [2.05, 4.69) is 49.7 Å². The molecule has 0 amide bonds. The smallest absolute Gasteiger partial charge is 0.0270 e. The van der Waals surface area contributed by atoms with Crippen LogP contribution in [0.2, 0.25) is 0 Å². The maximum atomic E-state index is 4.26. The molecule has 1 saturated carbocycles. The van der Waals surface area contributed by atoms with Gasteiger partial charge in [-0.05, 0) is 67.0 Å². The van der Waals surface area contributed by atoms with E-state index in [0.29, 0.717) is 5.92 Å². The average Bonchev–Trinajstić information content (AvgIpc) is 2.67. The highest BCUT2D eigenvalue weighted by Crippen LogP contribution is 2.40. The molecule has 0 radical (unpaired) electrons. The van der Waals surface area contributed by atoms with Crippen LogP contribution >= 0.6 is 0 Å². The Labute approximate surface area is 104 Å². The van der Waals surface area contributed by atoms with Crippen molar-refractivity contribution in [3.05, 3.63) is 65.5 Å². The van der Waals surface area contributed by atoms with Gasteiger partial charge in [0.05, 0.1) is 0 Å². The van der Waals surface area contributed by atoms with Crippen molar-refractivity contribution in [2.75, 3.05) is 0 Å². The van der Waals surface area contributed by atoms with E-state index in [9.17, 15) is 0 Å². The van der Waals surface area contributed by atoms with Gasteiger partial charge in [0.1, 0.15) is 0 Å². The molecule has 0 aliphatic heterocycles. The first-order valence-electron chi connectivity index (χ1n) is 6.16. The minimum absolute atomic E-state index is 0.551. The summed E-state index contributed by atoms with van der Waals surface area (Å²) >= 11 is 0. The van der Waals surface area contributed by atoms with Crippen LogP contribution < -0.4 is 0 Å². The average molecular weight is 225 g/mol. The quantitative estimate of drug-likeness (QED) is 0.738. The second-order valence-corrected chi connectivity index (χ2v) is 4.50. The maximum Gasteiger partial charge on any atom is 0.0270 e. The van der Waals surface area contributed by atoms with Gasteiger partial charge in [0.15, 0.2) is 0 Å². The SMILES string of the molecule is C=C1C(=C/C)/C(=C\C)CC1Cc1ccncc1. The summed E-state index contributed by atoms with van der Waals surface area (Å²) < 4.78 is 0. The summed E-state index contributed by atoms with van der Waals surface area (Å²) in [5, 5.41) is 0. The van der Waals surface area contributed by atoms with Crippen LogP contribution in [0.3, 0.4) is 0 Å². The van der Waals surface area contributed by atoms with E-state index in [1.165, 1.54) is 22.3 Å². The molecular weight excluding hydrogens is 206 g/mol. The summed E-state index contributed by atoms with van der Waals surface area (Å²) in [4.78, 5) is 4.06. The van der Waals surface area contributed by atoms with Gasteiger partial charge in [-0.2, -0.15) is 0 Å². The molecule has 0 bridgehead atoms. The minimum Gasteiger partial charge on any atom is -0.265 e. The van der Waals surface area contributed by atoms with Crippen molar-refractivity contribution in [3.63, 3.8) is 0 Å². The van der Waals surface area contributed by atoms with Gasteiger partial charge in [0.25, 0.3) is 0 Å². The molecular formula is C16H19N. The number of hydrogen-bond donors (Lipinski definition) is 0. The Morgan fingerprint density at radius 3 is 2.53 bits per heavy atom. The topological polar surface area (TPSA) is 12.9 Å². The van der Waals surface area contributed by atoms with Gasteiger partial charge in [-0.3, -0.25) is 4.98 Å². The summed E-state index contributed by atoms with van der Waals surface area (Å²) in [5.41, 5.74) is 5.43. The standard InChI is InChI=1S/C16H19N/c1-4-14-11-15(12(3)16(14)5-2)10-13-6-8-17-9-7-13/h4-9,15H,3,10-11H2,1-2H3/b14-4-,16-5-. The number of pyridine rings is 1. The maximum absolute atomic E-state index is 4.26. The van der Waals surface area contributed by atoms with Crippen molar-refractivity contribution in [1.29, 1.82) is 0 Å². The summed E-state index contributed by atoms with van der Waals surface area (Å²) in [7, 11) is 0. The number of allylic oxidation sites excluding steroid dienone is 5. The fourth-order valence-corrected chi connectivity index (χ4v) is 2.57. The van der Waals surface area contributed by atoms with Crippen molar-refractivity contribution in [2.45, 2.75) is 26.7 Å². The van der Waals surface area contributed by atoms with Gasteiger partial charge in [0, 0.05) is 12.4 Å². The Morgan fingerprint density at radius 1 is 1.29 bits per heavy atom. The Hall–Kier alpha value is -1.63. The lowest BCUT2D eigenvalue weighted by molar-refractivity contribution is 0.656. The molecule has 1 aliphatic carbocycles. The van der Waals surface area contributed by atoms with Crippen LogP contribution in [0.15, 0.2) is 60.0 Å². The van der Waals surface area contributed by atoms with E-state index in [1.807, 2.05) is 12.4 Å². The highest BCUT2D eigenvalue weighted by atomic mass is 14.6. The molecule has 0 spiro atoms. The molecule has 0 aromatic carbocycles. The first-order chi connectivity index (χ1) is 8.26. The number of rotatable bonds is 2. The predicted molar refractivity (Wildman–Crippen MR) is 72.7 cm³/mol. The highest BCUT2D eigenvalue weighted by molar-refractivity contribution is 5.52. The molecule has 0 saturated heterocycles. The van der Waals surface area contributed by atoms with Gasteiger partial charge < -0.3 is 0 Å². The zero-order valence-corrected chi connectivity index (χ0v) is 10.6. The minimum atomic E-state index is 0.551. The van der Waals surface area contributed by atoms with Gasteiger partial charge >= 0.3 is 0 Å². The normalized spacial score (nSPS) is 24.8. The molecule has 0 N–H and O–H groups in total. The van der Waals surface area contributed by atoms with Crippen molar-refractivity contribution in [2.24, 2.45) is 5.92 Å². The van der Waals surface area contributed by atoms with Crippen LogP contribution in [0, 0.1) is 5.92 Å². The van der Waals surface area contributed by atoms with E-state index in [0.717, 1.165) is 12.8 Å². The van der Waals surface area contributed by atoms with Crippen molar-refractivity contribution >= 4 is 0 Å². The Balaban J connectivity index is 2.18. The Bertz CT molecular complexity index is 466. The molecule has 1 heterocycles. The molecule has 1 aliphatic rings. The molecule has 1 atom stereocenters. The molecule has 1 aromatic heterocycles. The van der Waals surface area contributed by atoms with Gasteiger partial charge in [-0.15, -0.1) is 0 Å². The van der Waals surface area contributed by atoms with E-state index in [4.69, 9.17) is 0 Å². The summed E-state index contributed by atoms with van der Waals surface area (Å²) in [6.07, 6.45) is 10.3.